The van der Waals surface area contributed by atoms with E-state index in [1.807, 2.05) is 0 Å². The highest BCUT2D eigenvalue weighted by molar-refractivity contribution is 8.12. The predicted octanol–water partition coefficient (Wildman–Crippen LogP) is 1.56. The van der Waals surface area contributed by atoms with Gasteiger partial charge in [0.2, 0.25) is 0 Å². The minimum atomic E-state index is -4.48. The lowest BCUT2D eigenvalue weighted by atomic mass is 10.2. The Labute approximate surface area is 80.0 Å². The average Bonchev–Trinajstić information content (AvgIpc) is 2.01. The summed E-state index contributed by atoms with van der Waals surface area (Å²) in [5.41, 5.74) is -0.912. The lowest BCUT2D eigenvalue weighted by Crippen LogP contribution is -2.06. The van der Waals surface area contributed by atoms with E-state index in [1.165, 1.54) is 0 Å². The second-order valence-corrected chi connectivity index (χ2v) is 4.13. The van der Waals surface area contributed by atoms with Crippen molar-refractivity contribution in [2.45, 2.75) is 11.1 Å². The van der Waals surface area contributed by atoms with Crippen molar-refractivity contribution in [2.24, 2.45) is 0 Å². The molecular formula is C7H4BF3O2S. The van der Waals surface area contributed by atoms with Gasteiger partial charge in [0.15, 0.2) is 0 Å². The summed E-state index contributed by atoms with van der Waals surface area (Å²) < 4.78 is 57.5. The van der Waals surface area contributed by atoms with Crippen LogP contribution in [0.3, 0.4) is 0 Å². The van der Waals surface area contributed by atoms with E-state index in [-0.39, 0.29) is 4.90 Å². The lowest BCUT2D eigenvalue weighted by Gasteiger charge is -2.06. The number of rotatable bonds is 1. The molecule has 0 saturated carbocycles. The maximum Gasteiger partial charge on any atom is 0.416 e. The molecule has 0 N–H and O–H groups in total. The third-order valence-electron chi connectivity index (χ3n) is 1.51. The summed E-state index contributed by atoms with van der Waals surface area (Å²) in [5.74, 6) is 0. The second-order valence-electron chi connectivity index (χ2n) is 2.57. The van der Waals surface area contributed by atoms with E-state index in [2.05, 4.69) is 0 Å². The highest BCUT2D eigenvalue weighted by atomic mass is 32.2. The fraction of sp³-hybridized carbons (Fsp3) is 0.143. The molecular weight excluding hydrogens is 216 g/mol. The zero-order chi connectivity index (χ0) is 11.0. The monoisotopic (exact) mass is 220 g/mol. The van der Waals surface area contributed by atoms with Gasteiger partial charge in [0.25, 0.3) is 7.12 Å². The Morgan fingerprint density at radius 2 is 1.50 bits per heavy atom. The van der Waals surface area contributed by atoms with Crippen LogP contribution in [0.25, 0.3) is 0 Å². The summed E-state index contributed by atoms with van der Waals surface area (Å²) in [7, 11) is 0.774. The first-order valence-electron chi connectivity index (χ1n) is 3.41. The summed E-state index contributed by atoms with van der Waals surface area (Å²) in [5, 5.41) is 0. The summed E-state index contributed by atoms with van der Waals surface area (Å²) in [6, 6.07) is 2.97. The summed E-state index contributed by atoms with van der Waals surface area (Å²) in [4.78, 5) is -0.342. The molecule has 0 saturated heterocycles. The van der Waals surface area contributed by atoms with Gasteiger partial charge in [-0.2, -0.15) is 13.2 Å². The van der Waals surface area contributed by atoms with Crippen LogP contribution in [-0.2, 0) is 15.9 Å². The SMILES string of the molecule is [B]S(=O)(=O)c1ccc(C(F)(F)F)cc1. The van der Waals surface area contributed by atoms with Crippen LogP contribution in [0.2, 0.25) is 0 Å². The quantitative estimate of drug-likeness (QED) is 0.673. The Bertz CT molecular complexity index is 421. The fourth-order valence-electron chi connectivity index (χ4n) is 0.834. The molecule has 14 heavy (non-hydrogen) atoms. The van der Waals surface area contributed by atoms with Crippen molar-refractivity contribution >= 4 is 16.8 Å². The van der Waals surface area contributed by atoms with Gasteiger partial charge in [-0.15, -0.1) is 0 Å². The summed E-state index contributed by atoms with van der Waals surface area (Å²) >= 11 is 0. The fourth-order valence-corrected chi connectivity index (χ4v) is 1.35. The third-order valence-corrected chi connectivity index (χ3v) is 2.44. The Kier molecular flexibility index (Phi) is 2.62. The van der Waals surface area contributed by atoms with E-state index >= 15 is 0 Å². The van der Waals surface area contributed by atoms with E-state index in [1.54, 1.807) is 0 Å². The summed E-state index contributed by atoms with van der Waals surface area (Å²) in [6.07, 6.45) is -4.48. The molecule has 0 heterocycles. The van der Waals surface area contributed by atoms with E-state index in [0.717, 1.165) is 12.1 Å². The van der Waals surface area contributed by atoms with Crippen molar-refractivity contribution in [2.75, 3.05) is 0 Å². The van der Waals surface area contributed by atoms with Crippen LogP contribution in [0.1, 0.15) is 5.56 Å². The van der Waals surface area contributed by atoms with Crippen molar-refractivity contribution in [3.05, 3.63) is 29.8 Å². The maximum absolute atomic E-state index is 12.0. The molecule has 0 unspecified atom stereocenters. The van der Waals surface area contributed by atoms with Crippen LogP contribution in [-0.4, -0.2) is 15.5 Å². The highest BCUT2D eigenvalue weighted by Crippen LogP contribution is 2.29. The zero-order valence-corrected chi connectivity index (χ0v) is 7.56. The van der Waals surface area contributed by atoms with Crippen LogP contribution in [0.5, 0.6) is 0 Å². The number of halogens is 3. The van der Waals surface area contributed by atoms with E-state index in [9.17, 15) is 21.6 Å². The molecule has 1 rings (SSSR count). The van der Waals surface area contributed by atoms with Gasteiger partial charge in [-0.3, -0.25) is 0 Å². The van der Waals surface area contributed by atoms with Gasteiger partial charge in [0.05, 0.1) is 10.5 Å². The molecule has 0 bridgehead atoms. The molecule has 0 spiro atoms. The molecule has 0 amide bonds. The van der Waals surface area contributed by atoms with Gasteiger partial charge in [0.1, 0.15) is 9.69 Å². The van der Waals surface area contributed by atoms with Crippen molar-refractivity contribution in [1.82, 2.24) is 0 Å². The van der Waals surface area contributed by atoms with Crippen molar-refractivity contribution in [3.63, 3.8) is 0 Å². The first-order valence-corrected chi connectivity index (χ1v) is 4.96. The van der Waals surface area contributed by atoms with Gasteiger partial charge in [0, 0.05) is 0 Å². The van der Waals surface area contributed by atoms with Gasteiger partial charge in [-0.25, -0.2) is 8.42 Å². The molecule has 0 aliphatic rings. The van der Waals surface area contributed by atoms with Crippen molar-refractivity contribution in [1.29, 1.82) is 0 Å². The first kappa shape index (κ1) is 11.1. The van der Waals surface area contributed by atoms with Crippen LogP contribution >= 0.6 is 0 Å². The minimum absolute atomic E-state index is 0.342. The Hall–Kier alpha value is -0.975. The molecule has 0 atom stereocenters. The number of alkyl halides is 3. The Morgan fingerprint density at radius 1 is 1.07 bits per heavy atom. The van der Waals surface area contributed by atoms with Crippen LogP contribution in [0.4, 0.5) is 13.2 Å². The Balaban J connectivity index is 3.14. The number of hydrogen-bond acceptors (Lipinski definition) is 2. The maximum atomic E-state index is 12.0. The van der Waals surface area contributed by atoms with Crippen LogP contribution < -0.4 is 0 Å². The van der Waals surface area contributed by atoms with Gasteiger partial charge >= 0.3 is 6.18 Å². The molecule has 74 valence electrons. The molecule has 2 nitrogen and oxygen atoms in total. The van der Waals surface area contributed by atoms with E-state index in [0.29, 0.717) is 12.1 Å². The molecule has 7 heteroatoms. The molecule has 0 fully saturated rings. The predicted molar refractivity (Wildman–Crippen MR) is 44.4 cm³/mol. The van der Waals surface area contributed by atoms with Crippen LogP contribution in [0, 0.1) is 0 Å². The minimum Gasteiger partial charge on any atom is -0.238 e. The molecule has 0 aliphatic carbocycles. The second kappa shape index (κ2) is 3.31. The normalized spacial score (nSPS) is 12.8. The molecule has 1 aromatic rings. The smallest absolute Gasteiger partial charge is 0.238 e. The highest BCUT2D eigenvalue weighted by Gasteiger charge is 2.30. The van der Waals surface area contributed by atoms with Crippen LogP contribution in [0.15, 0.2) is 29.2 Å². The van der Waals surface area contributed by atoms with E-state index < -0.39 is 21.4 Å². The van der Waals surface area contributed by atoms with Gasteiger partial charge in [-0.05, 0) is 24.3 Å². The van der Waals surface area contributed by atoms with Crippen molar-refractivity contribution in [3.8, 4) is 0 Å². The first-order chi connectivity index (χ1) is 6.21. The summed E-state index contributed by atoms with van der Waals surface area (Å²) in [6.45, 7) is 0. The Morgan fingerprint density at radius 3 is 1.79 bits per heavy atom. The third kappa shape index (κ3) is 2.51. The number of benzene rings is 1. The van der Waals surface area contributed by atoms with Gasteiger partial charge < -0.3 is 0 Å². The number of hydrogen-bond donors (Lipinski definition) is 0. The largest absolute Gasteiger partial charge is 0.416 e. The van der Waals surface area contributed by atoms with Crippen molar-refractivity contribution < 1.29 is 21.6 Å². The van der Waals surface area contributed by atoms with Gasteiger partial charge in [-0.1, -0.05) is 0 Å². The standard InChI is InChI=1S/C7H4BF3O2S/c8-14(12,13)6-3-1-5(2-4-6)7(9,10)11/h1-4H. The van der Waals surface area contributed by atoms with E-state index in [4.69, 9.17) is 7.12 Å². The zero-order valence-electron chi connectivity index (χ0n) is 6.75. The topological polar surface area (TPSA) is 34.1 Å². The molecule has 0 aliphatic heterocycles. The molecule has 0 aromatic heterocycles. The lowest BCUT2D eigenvalue weighted by molar-refractivity contribution is -0.137. The molecule has 2 radical (unpaired) electrons. The molecule has 1 aromatic carbocycles. The average molecular weight is 220 g/mol.